The normalized spacial score (nSPS) is 12.0. The minimum absolute atomic E-state index is 0.0767. The van der Waals surface area contributed by atoms with Crippen LogP contribution in [0.25, 0.3) is 11.1 Å². The first kappa shape index (κ1) is 25.2. The van der Waals surface area contributed by atoms with E-state index in [0.29, 0.717) is 12.4 Å². The zero-order chi connectivity index (χ0) is 22.2. The molecule has 2 rings (SSSR count). The van der Waals surface area contributed by atoms with Gasteiger partial charge in [0.15, 0.2) is 0 Å². The van der Waals surface area contributed by atoms with Crippen molar-refractivity contribution in [3.8, 4) is 22.6 Å². The number of hydrogen-bond donors (Lipinski definition) is 3. The van der Waals surface area contributed by atoms with Crippen molar-refractivity contribution >= 4 is 0 Å². The zero-order valence-electron chi connectivity index (χ0n) is 18.5. The Balaban J connectivity index is 1.60. The Labute approximate surface area is 186 Å². The largest absolute Gasteiger partial charge is 0.494 e. The molecule has 0 aromatic heterocycles. The lowest BCUT2D eigenvalue weighted by Crippen LogP contribution is -2.21. The smallest absolute Gasteiger partial charge is 0.119 e. The molecule has 0 aliphatic carbocycles. The van der Waals surface area contributed by atoms with Crippen LogP contribution < -0.4 is 9.47 Å². The molecule has 172 valence electrons. The van der Waals surface area contributed by atoms with Crippen molar-refractivity contribution in [2.45, 2.75) is 63.9 Å². The quantitative estimate of drug-likeness (QED) is 0.309. The van der Waals surface area contributed by atoms with Crippen LogP contribution in [0.4, 0.5) is 0 Å². The van der Waals surface area contributed by atoms with E-state index in [0.717, 1.165) is 42.7 Å². The number of benzene rings is 2. The van der Waals surface area contributed by atoms with Gasteiger partial charge in [0.1, 0.15) is 24.2 Å². The fraction of sp³-hybridized carbons (Fsp3) is 0.538. The molecule has 5 heteroatoms. The average molecular weight is 431 g/mol. The molecule has 5 nitrogen and oxygen atoms in total. The molecule has 0 bridgehead atoms. The number of unbranched alkanes of at least 4 members (excludes halogenated alkanes) is 8. The van der Waals surface area contributed by atoms with Gasteiger partial charge in [0.05, 0.1) is 13.2 Å². The molecule has 2 aromatic carbocycles. The summed E-state index contributed by atoms with van der Waals surface area (Å²) in [5, 5.41) is 26.9. The molecule has 1 unspecified atom stereocenters. The van der Waals surface area contributed by atoms with Gasteiger partial charge in [-0.3, -0.25) is 0 Å². The van der Waals surface area contributed by atoms with E-state index >= 15 is 0 Å². The Bertz CT molecular complexity index is 684. The van der Waals surface area contributed by atoms with Crippen molar-refractivity contribution in [3.05, 3.63) is 48.5 Å². The van der Waals surface area contributed by atoms with Crippen LogP contribution in [-0.2, 0) is 0 Å². The number of ether oxygens (including phenoxy) is 2. The minimum Gasteiger partial charge on any atom is -0.494 e. The Morgan fingerprint density at radius 3 is 1.52 bits per heavy atom. The summed E-state index contributed by atoms with van der Waals surface area (Å²) in [5.41, 5.74) is 2.19. The van der Waals surface area contributed by atoms with E-state index in [1.807, 2.05) is 36.4 Å². The lowest BCUT2D eigenvalue weighted by Gasteiger charge is -2.11. The Hall–Kier alpha value is -2.08. The summed E-state index contributed by atoms with van der Waals surface area (Å²) >= 11 is 0. The maximum absolute atomic E-state index is 9.34. The van der Waals surface area contributed by atoms with Crippen LogP contribution in [0.3, 0.4) is 0 Å². The standard InChI is InChI=1S/C26H38O5/c27-18-8-6-4-2-1-3-5-7-9-19-30-25-14-10-22(11-15-25)23-12-16-26(17-13-23)31-21-24(29)20-28/h10-17,24,27-29H,1-9,18-21H2. The SMILES string of the molecule is OCCCCCCCCCCCOc1ccc(-c2ccc(OCC(O)CO)cc2)cc1. The fourth-order valence-electron chi connectivity index (χ4n) is 3.37. The summed E-state index contributed by atoms with van der Waals surface area (Å²) in [6, 6.07) is 15.8. The van der Waals surface area contributed by atoms with E-state index in [1.165, 1.54) is 38.5 Å². The highest BCUT2D eigenvalue weighted by Crippen LogP contribution is 2.25. The molecule has 2 aromatic rings. The third-order valence-electron chi connectivity index (χ3n) is 5.27. The van der Waals surface area contributed by atoms with Gasteiger partial charge < -0.3 is 24.8 Å². The van der Waals surface area contributed by atoms with Crippen molar-refractivity contribution < 1.29 is 24.8 Å². The predicted octanol–water partition coefficient (Wildman–Crippen LogP) is 4.97. The van der Waals surface area contributed by atoms with E-state index < -0.39 is 6.10 Å². The highest BCUT2D eigenvalue weighted by molar-refractivity contribution is 5.64. The summed E-state index contributed by atoms with van der Waals surface area (Å²) in [5.74, 6) is 1.56. The van der Waals surface area contributed by atoms with Crippen molar-refractivity contribution in [3.63, 3.8) is 0 Å². The number of aliphatic hydroxyl groups is 3. The van der Waals surface area contributed by atoms with Gasteiger partial charge in [-0.25, -0.2) is 0 Å². The molecule has 0 spiro atoms. The van der Waals surface area contributed by atoms with Crippen molar-refractivity contribution in [1.29, 1.82) is 0 Å². The molecule has 31 heavy (non-hydrogen) atoms. The summed E-state index contributed by atoms with van der Waals surface area (Å²) in [4.78, 5) is 0. The topological polar surface area (TPSA) is 79.2 Å². The van der Waals surface area contributed by atoms with Crippen molar-refractivity contribution in [2.24, 2.45) is 0 Å². The van der Waals surface area contributed by atoms with Gasteiger partial charge in [-0.2, -0.15) is 0 Å². The molecule has 0 aliphatic rings. The lowest BCUT2D eigenvalue weighted by molar-refractivity contribution is 0.0536. The predicted molar refractivity (Wildman–Crippen MR) is 125 cm³/mol. The second kappa shape index (κ2) is 15.7. The maximum atomic E-state index is 9.34. The molecule has 0 saturated carbocycles. The van der Waals surface area contributed by atoms with Crippen LogP contribution in [0.5, 0.6) is 11.5 Å². The van der Waals surface area contributed by atoms with Gasteiger partial charge in [-0.05, 0) is 48.2 Å². The zero-order valence-corrected chi connectivity index (χ0v) is 18.5. The molecule has 0 aliphatic heterocycles. The molecule has 1 atom stereocenters. The number of aliphatic hydroxyl groups excluding tert-OH is 3. The van der Waals surface area contributed by atoms with Gasteiger partial charge >= 0.3 is 0 Å². The summed E-state index contributed by atoms with van der Waals surface area (Å²) < 4.78 is 11.3. The van der Waals surface area contributed by atoms with Gasteiger partial charge in [0.2, 0.25) is 0 Å². The average Bonchev–Trinajstić information content (AvgIpc) is 2.81. The van der Waals surface area contributed by atoms with Gasteiger partial charge in [0, 0.05) is 6.61 Å². The fourth-order valence-corrected chi connectivity index (χ4v) is 3.37. The number of rotatable bonds is 17. The maximum Gasteiger partial charge on any atom is 0.119 e. The molecule has 0 saturated heterocycles. The molecular formula is C26H38O5. The van der Waals surface area contributed by atoms with E-state index in [2.05, 4.69) is 12.1 Å². The van der Waals surface area contributed by atoms with Crippen molar-refractivity contribution in [2.75, 3.05) is 26.4 Å². The second-order valence-electron chi connectivity index (χ2n) is 7.95. The molecule has 0 fully saturated rings. The van der Waals surface area contributed by atoms with Crippen LogP contribution >= 0.6 is 0 Å². The Morgan fingerprint density at radius 1 is 0.581 bits per heavy atom. The van der Waals surface area contributed by atoms with Crippen LogP contribution in [-0.4, -0.2) is 47.9 Å². The summed E-state index contributed by atoms with van der Waals surface area (Å²) in [6.07, 6.45) is 9.90. The van der Waals surface area contributed by atoms with Crippen LogP contribution in [0.1, 0.15) is 57.8 Å². The first-order chi connectivity index (χ1) is 15.2. The van der Waals surface area contributed by atoms with Gasteiger partial charge in [-0.15, -0.1) is 0 Å². The van der Waals surface area contributed by atoms with Crippen LogP contribution in [0.15, 0.2) is 48.5 Å². The summed E-state index contributed by atoms with van der Waals surface area (Å²) in [6.45, 7) is 0.846. The van der Waals surface area contributed by atoms with Gasteiger partial charge in [-0.1, -0.05) is 69.2 Å². The molecule has 0 amide bonds. The third-order valence-corrected chi connectivity index (χ3v) is 5.27. The first-order valence-corrected chi connectivity index (χ1v) is 11.6. The molecule has 0 heterocycles. The highest BCUT2D eigenvalue weighted by atomic mass is 16.5. The lowest BCUT2D eigenvalue weighted by atomic mass is 10.1. The number of hydrogen-bond acceptors (Lipinski definition) is 5. The van der Waals surface area contributed by atoms with Crippen LogP contribution in [0, 0.1) is 0 Å². The van der Waals surface area contributed by atoms with E-state index in [1.54, 1.807) is 0 Å². The first-order valence-electron chi connectivity index (χ1n) is 11.6. The van der Waals surface area contributed by atoms with E-state index in [4.69, 9.17) is 19.7 Å². The molecule has 3 N–H and O–H groups in total. The monoisotopic (exact) mass is 430 g/mol. The van der Waals surface area contributed by atoms with E-state index in [9.17, 15) is 5.11 Å². The van der Waals surface area contributed by atoms with Gasteiger partial charge in [0.25, 0.3) is 0 Å². The minimum atomic E-state index is -0.861. The third kappa shape index (κ3) is 10.7. The Morgan fingerprint density at radius 2 is 1.03 bits per heavy atom. The summed E-state index contributed by atoms with van der Waals surface area (Å²) in [7, 11) is 0. The highest BCUT2D eigenvalue weighted by Gasteiger charge is 2.04. The Kier molecular flexibility index (Phi) is 12.7. The van der Waals surface area contributed by atoms with Crippen LogP contribution in [0.2, 0.25) is 0 Å². The second-order valence-corrected chi connectivity index (χ2v) is 7.95. The molecular weight excluding hydrogens is 392 g/mol. The molecule has 0 radical (unpaired) electrons. The van der Waals surface area contributed by atoms with E-state index in [-0.39, 0.29) is 13.2 Å². The van der Waals surface area contributed by atoms with Crippen molar-refractivity contribution in [1.82, 2.24) is 0 Å².